The average molecular weight is 315 g/mol. The van der Waals surface area contributed by atoms with Gasteiger partial charge < -0.3 is 0 Å². The third kappa shape index (κ3) is 3.05. The van der Waals surface area contributed by atoms with Crippen molar-refractivity contribution < 1.29 is 26.5 Å². The van der Waals surface area contributed by atoms with E-state index in [0.717, 1.165) is 12.1 Å². The van der Waals surface area contributed by atoms with Gasteiger partial charge in [0.05, 0.1) is 4.90 Å². The Morgan fingerprint density at radius 2 is 1.48 bits per heavy atom. The second-order valence-electron chi connectivity index (χ2n) is 4.00. The Balaban J connectivity index is 2.39. The fourth-order valence-electron chi connectivity index (χ4n) is 1.57. The fraction of sp³-hybridized carbons (Fsp3) is 0. The van der Waals surface area contributed by atoms with Gasteiger partial charge in [-0.1, -0.05) is 27.2 Å². The first-order valence-corrected chi connectivity index (χ1v) is 7.03. The quantitative estimate of drug-likeness (QED) is 0.818. The summed E-state index contributed by atoms with van der Waals surface area (Å²) in [4.78, 5) is 11.2. The SMILES string of the molecule is O=C(c1cc(F)cc(F)c1)N(F)S(=O)(=O)c1ccccc1. The molecule has 0 saturated carbocycles. The van der Waals surface area contributed by atoms with Gasteiger partial charge in [0.1, 0.15) is 11.6 Å². The van der Waals surface area contributed by atoms with E-state index in [1.54, 1.807) is 0 Å². The van der Waals surface area contributed by atoms with Crippen molar-refractivity contribution in [1.82, 2.24) is 4.53 Å². The lowest BCUT2D eigenvalue weighted by Crippen LogP contribution is -2.29. The van der Waals surface area contributed by atoms with Gasteiger partial charge in [0.25, 0.3) is 15.9 Å². The fourth-order valence-corrected chi connectivity index (χ4v) is 2.58. The average Bonchev–Trinajstić information content (AvgIpc) is 2.45. The molecule has 0 spiro atoms. The van der Waals surface area contributed by atoms with Crippen LogP contribution in [-0.4, -0.2) is 18.9 Å². The standard InChI is InChI=1S/C13H8F3NO3S/c14-10-6-9(7-11(15)8-10)13(18)17(16)21(19,20)12-4-2-1-3-5-12/h1-8H. The molecule has 1 amide bonds. The maximum atomic E-state index is 13.9. The van der Waals surface area contributed by atoms with Crippen LogP contribution >= 0.6 is 0 Å². The Kier molecular flexibility index (Phi) is 3.99. The van der Waals surface area contributed by atoms with Crippen molar-refractivity contribution >= 4 is 15.9 Å². The predicted octanol–water partition coefficient (Wildman–Crippen LogP) is 2.68. The molecule has 2 rings (SSSR count). The van der Waals surface area contributed by atoms with Gasteiger partial charge in [-0.05, 0) is 24.3 Å². The lowest BCUT2D eigenvalue weighted by atomic mass is 10.2. The number of amides is 1. The first-order chi connectivity index (χ1) is 9.82. The van der Waals surface area contributed by atoms with Gasteiger partial charge >= 0.3 is 0 Å². The van der Waals surface area contributed by atoms with Crippen LogP contribution in [0.5, 0.6) is 0 Å². The second kappa shape index (κ2) is 5.57. The lowest BCUT2D eigenvalue weighted by molar-refractivity contribution is 0.0587. The smallest absolute Gasteiger partial charge is 0.265 e. The highest BCUT2D eigenvalue weighted by Crippen LogP contribution is 2.19. The third-order valence-corrected chi connectivity index (χ3v) is 3.98. The molecule has 8 heteroatoms. The molecule has 0 fully saturated rings. The molecule has 0 unspecified atom stereocenters. The molecule has 2 aromatic carbocycles. The van der Waals surface area contributed by atoms with E-state index in [0.29, 0.717) is 18.2 Å². The van der Waals surface area contributed by atoms with Crippen LogP contribution in [0.1, 0.15) is 10.4 Å². The number of hydrogen-bond acceptors (Lipinski definition) is 3. The van der Waals surface area contributed by atoms with Gasteiger partial charge in [-0.15, -0.1) is 0 Å². The molecule has 110 valence electrons. The van der Waals surface area contributed by atoms with Crippen LogP contribution in [0.2, 0.25) is 0 Å². The summed E-state index contributed by atoms with van der Waals surface area (Å²) in [5, 5.41) is 0. The van der Waals surface area contributed by atoms with E-state index < -0.39 is 42.6 Å². The van der Waals surface area contributed by atoms with Crippen LogP contribution in [0.15, 0.2) is 53.4 Å². The van der Waals surface area contributed by atoms with Gasteiger partial charge in [0.15, 0.2) is 0 Å². The van der Waals surface area contributed by atoms with E-state index in [4.69, 9.17) is 0 Å². The molecule has 2 aromatic rings. The molecule has 0 aliphatic heterocycles. The molecular weight excluding hydrogens is 307 g/mol. The first kappa shape index (κ1) is 15.0. The summed E-state index contributed by atoms with van der Waals surface area (Å²) < 4.78 is 62.5. The normalized spacial score (nSPS) is 11.2. The van der Waals surface area contributed by atoms with Gasteiger partial charge in [-0.3, -0.25) is 4.79 Å². The summed E-state index contributed by atoms with van der Waals surface area (Å²) in [5.41, 5.74) is -0.755. The second-order valence-corrected chi connectivity index (χ2v) is 5.74. The zero-order valence-electron chi connectivity index (χ0n) is 10.3. The minimum Gasteiger partial charge on any atom is -0.265 e. The molecule has 21 heavy (non-hydrogen) atoms. The molecular formula is C13H8F3NO3S. The number of halogens is 3. The van der Waals surface area contributed by atoms with E-state index in [1.807, 2.05) is 0 Å². The number of carbonyl (C=O) groups excluding carboxylic acids is 1. The highest BCUT2D eigenvalue weighted by Gasteiger charge is 2.31. The van der Waals surface area contributed by atoms with Crippen molar-refractivity contribution in [2.75, 3.05) is 0 Å². The summed E-state index contributed by atoms with van der Waals surface area (Å²) in [6.45, 7) is 0. The number of benzene rings is 2. The topological polar surface area (TPSA) is 54.5 Å². The highest BCUT2D eigenvalue weighted by molar-refractivity contribution is 7.89. The van der Waals surface area contributed by atoms with Crippen LogP contribution < -0.4 is 0 Å². The van der Waals surface area contributed by atoms with E-state index in [1.165, 1.54) is 18.2 Å². The van der Waals surface area contributed by atoms with E-state index in [2.05, 4.69) is 0 Å². The number of sulfonamides is 1. The van der Waals surface area contributed by atoms with Crippen molar-refractivity contribution in [2.45, 2.75) is 4.90 Å². The molecule has 0 radical (unpaired) electrons. The third-order valence-electron chi connectivity index (χ3n) is 2.52. The highest BCUT2D eigenvalue weighted by atomic mass is 32.2. The maximum absolute atomic E-state index is 13.9. The molecule has 0 atom stereocenters. The molecule has 4 nitrogen and oxygen atoms in total. The predicted molar refractivity (Wildman–Crippen MR) is 67.3 cm³/mol. The van der Waals surface area contributed by atoms with E-state index in [9.17, 15) is 26.5 Å². The van der Waals surface area contributed by atoms with Crippen LogP contribution in [0, 0.1) is 11.6 Å². The van der Waals surface area contributed by atoms with Crippen LogP contribution in [0.3, 0.4) is 0 Å². The van der Waals surface area contributed by atoms with Crippen molar-refractivity contribution in [3.8, 4) is 0 Å². The number of rotatable bonds is 3. The Morgan fingerprint density at radius 3 is 2.00 bits per heavy atom. The molecule has 0 aromatic heterocycles. The summed E-state index contributed by atoms with van der Waals surface area (Å²) in [6, 6.07) is 7.91. The maximum Gasteiger partial charge on any atom is 0.297 e. The Morgan fingerprint density at radius 1 is 0.952 bits per heavy atom. The molecule has 0 heterocycles. The van der Waals surface area contributed by atoms with Gasteiger partial charge in [0.2, 0.25) is 0 Å². The van der Waals surface area contributed by atoms with Crippen molar-refractivity contribution in [1.29, 1.82) is 0 Å². The summed E-state index contributed by atoms with van der Waals surface area (Å²) in [6.07, 6.45) is 0. The van der Waals surface area contributed by atoms with Crippen molar-refractivity contribution in [3.63, 3.8) is 0 Å². The zero-order valence-corrected chi connectivity index (χ0v) is 11.1. The summed E-state index contributed by atoms with van der Waals surface area (Å²) >= 11 is 0. The number of carbonyl (C=O) groups is 1. The Labute approximate surface area is 118 Å². The Hall–Kier alpha value is -2.35. The van der Waals surface area contributed by atoms with E-state index in [-0.39, 0.29) is 0 Å². The molecule has 0 bridgehead atoms. The molecule has 0 N–H and O–H groups in total. The largest absolute Gasteiger partial charge is 0.297 e. The first-order valence-electron chi connectivity index (χ1n) is 5.59. The number of nitrogens with zero attached hydrogens (tertiary/aromatic N) is 1. The number of hydrogen-bond donors (Lipinski definition) is 0. The van der Waals surface area contributed by atoms with Gasteiger partial charge in [0, 0.05) is 11.6 Å². The van der Waals surface area contributed by atoms with Gasteiger partial charge in [-0.25, -0.2) is 8.78 Å². The van der Waals surface area contributed by atoms with Gasteiger partial charge in [-0.2, -0.15) is 8.42 Å². The van der Waals surface area contributed by atoms with E-state index >= 15 is 0 Å². The minimum absolute atomic E-state index is 0.460. The van der Waals surface area contributed by atoms with Crippen LogP contribution in [0.4, 0.5) is 13.3 Å². The zero-order chi connectivity index (χ0) is 15.6. The van der Waals surface area contributed by atoms with Crippen molar-refractivity contribution in [2.24, 2.45) is 0 Å². The molecule has 0 saturated heterocycles. The van der Waals surface area contributed by atoms with Crippen LogP contribution in [-0.2, 0) is 10.0 Å². The summed E-state index contributed by atoms with van der Waals surface area (Å²) in [7, 11) is -4.74. The Bertz CT molecular complexity index is 758. The lowest BCUT2D eigenvalue weighted by Gasteiger charge is -2.12. The molecule has 0 aliphatic carbocycles. The molecule has 0 aliphatic rings. The van der Waals surface area contributed by atoms with Crippen molar-refractivity contribution in [3.05, 3.63) is 65.7 Å². The minimum atomic E-state index is -4.74. The monoisotopic (exact) mass is 315 g/mol. The van der Waals surface area contributed by atoms with Crippen LogP contribution in [0.25, 0.3) is 0 Å². The summed E-state index contributed by atoms with van der Waals surface area (Å²) in [5.74, 6) is -3.93.